The second-order valence-corrected chi connectivity index (χ2v) is 11.1. The van der Waals surface area contributed by atoms with Crippen LogP contribution >= 0.6 is 7.82 Å². The molecule has 0 amide bonds. The Balaban J connectivity index is 4.52. The minimum absolute atomic E-state index is 0.101. The van der Waals surface area contributed by atoms with Crippen LogP contribution in [0.5, 0.6) is 0 Å². The summed E-state index contributed by atoms with van der Waals surface area (Å²) in [4.78, 5) is 10.1. The highest BCUT2D eigenvalue weighted by atomic mass is 31.2. The summed E-state index contributed by atoms with van der Waals surface area (Å²) in [6.45, 7) is 2.53. The second kappa shape index (κ2) is 18.1. The molecule has 9 heteroatoms. The number of phosphoric acid groups is 1. The summed E-state index contributed by atoms with van der Waals surface area (Å²) in [7, 11) is 1.67. The molecule has 4 atom stereocenters. The van der Waals surface area contributed by atoms with Crippen LogP contribution in [0.4, 0.5) is 0 Å². The standard InChI is InChI=1S/C23H49N2O6P/c1-5-6-7-8-9-10-11-12-13-14-15-21(16-17-23(27)22(24)20-26)31-32(28,29)30-19-18-25(2,3)4/h16-17,21-23,26-27H,5-15,18-20,24H2,1-4H3/p+1/b17-16+/t21?,22-,23+/m0/s1. The van der Waals surface area contributed by atoms with E-state index in [4.69, 9.17) is 19.9 Å². The number of phosphoric ester groups is 1. The fourth-order valence-electron chi connectivity index (χ4n) is 3.14. The molecule has 0 aliphatic rings. The van der Waals surface area contributed by atoms with E-state index < -0.39 is 26.1 Å². The van der Waals surface area contributed by atoms with Crippen LogP contribution in [0.15, 0.2) is 12.2 Å². The van der Waals surface area contributed by atoms with Crippen LogP contribution in [-0.4, -0.2) is 78.7 Å². The number of quaternary nitrogens is 1. The molecule has 0 radical (unpaired) electrons. The van der Waals surface area contributed by atoms with Crippen molar-refractivity contribution in [1.29, 1.82) is 0 Å². The Morgan fingerprint density at radius 1 is 0.969 bits per heavy atom. The van der Waals surface area contributed by atoms with Crippen molar-refractivity contribution in [3.8, 4) is 0 Å². The van der Waals surface area contributed by atoms with Gasteiger partial charge in [0.25, 0.3) is 0 Å². The van der Waals surface area contributed by atoms with E-state index in [2.05, 4.69) is 6.92 Å². The minimum atomic E-state index is -4.23. The molecule has 0 rings (SSSR count). The summed E-state index contributed by atoms with van der Waals surface area (Å²) in [6, 6.07) is -0.814. The molecule has 0 saturated carbocycles. The summed E-state index contributed by atoms with van der Waals surface area (Å²) in [6.07, 6.45) is 13.7. The van der Waals surface area contributed by atoms with E-state index in [-0.39, 0.29) is 13.2 Å². The number of rotatable bonds is 21. The lowest BCUT2D eigenvalue weighted by atomic mass is 10.0. The van der Waals surface area contributed by atoms with Crippen LogP contribution in [0, 0.1) is 0 Å². The molecule has 0 aliphatic heterocycles. The number of nitrogens with two attached hydrogens (primary N) is 1. The highest BCUT2D eigenvalue weighted by Crippen LogP contribution is 2.45. The summed E-state index contributed by atoms with van der Waals surface area (Å²) in [5, 5.41) is 19.0. The third-order valence-corrected chi connectivity index (χ3v) is 6.35. The van der Waals surface area contributed by atoms with Gasteiger partial charge in [0.05, 0.1) is 46.0 Å². The molecule has 192 valence electrons. The third kappa shape index (κ3) is 19.2. The van der Waals surface area contributed by atoms with Gasteiger partial charge < -0.3 is 25.3 Å². The first-order chi connectivity index (χ1) is 15.0. The molecule has 5 N–H and O–H groups in total. The SMILES string of the molecule is CCCCCCCCCCCCC(/C=C/[C@@H](O)[C@@H](N)CO)OP(=O)(O)OCC[N+](C)(C)C. The molecular weight excluding hydrogens is 431 g/mol. The lowest BCUT2D eigenvalue weighted by Crippen LogP contribution is -2.37. The summed E-state index contributed by atoms with van der Waals surface area (Å²) >= 11 is 0. The van der Waals surface area contributed by atoms with Crippen molar-refractivity contribution >= 4 is 7.82 Å². The Morgan fingerprint density at radius 2 is 1.50 bits per heavy atom. The highest BCUT2D eigenvalue weighted by molar-refractivity contribution is 7.47. The zero-order valence-corrected chi connectivity index (χ0v) is 21.7. The number of likely N-dealkylation sites (N-methyl/N-ethyl adjacent to an activating group) is 1. The van der Waals surface area contributed by atoms with Gasteiger partial charge in [-0.3, -0.25) is 9.05 Å². The predicted octanol–water partition coefficient (Wildman–Crippen LogP) is 3.74. The van der Waals surface area contributed by atoms with Crippen LogP contribution in [0.25, 0.3) is 0 Å². The van der Waals surface area contributed by atoms with Crippen molar-refractivity contribution in [1.82, 2.24) is 0 Å². The highest BCUT2D eigenvalue weighted by Gasteiger charge is 2.26. The quantitative estimate of drug-likeness (QED) is 0.0852. The van der Waals surface area contributed by atoms with Crippen molar-refractivity contribution in [2.45, 2.75) is 95.8 Å². The van der Waals surface area contributed by atoms with E-state index in [1.165, 1.54) is 51.0 Å². The topological polar surface area (TPSA) is 122 Å². The van der Waals surface area contributed by atoms with E-state index in [0.717, 1.165) is 19.3 Å². The molecule has 0 aromatic rings. The van der Waals surface area contributed by atoms with Gasteiger partial charge in [0, 0.05) is 0 Å². The average Bonchev–Trinajstić information content (AvgIpc) is 2.70. The van der Waals surface area contributed by atoms with E-state index in [1.807, 2.05) is 21.1 Å². The molecule has 0 fully saturated rings. The van der Waals surface area contributed by atoms with E-state index >= 15 is 0 Å². The number of aliphatic hydroxyl groups excluding tert-OH is 2. The monoisotopic (exact) mass is 481 g/mol. The summed E-state index contributed by atoms with van der Waals surface area (Å²) in [5.41, 5.74) is 5.62. The normalized spacial score (nSPS) is 17.4. The fraction of sp³-hybridized carbons (Fsp3) is 0.913. The zero-order valence-electron chi connectivity index (χ0n) is 20.8. The van der Waals surface area contributed by atoms with E-state index in [0.29, 0.717) is 17.4 Å². The van der Waals surface area contributed by atoms with Crippen LogP contribution in [0.2, 0.25) is 0 Å². The third-order valence-electron chi connectivity index (χ3n) is 5.30. The number of aliphatic hydroxyl groups is 2. The van der Waals surface area contributed by atoms with Gasteiger partial charge in [-0.2, -0.15) is 0 Å². The first-order valence-electron chi connectivity index (χ1n) is 12.2. The Kier molecular flexibility index (Phi) is 17.9. The van der Waals surface area contributed by atoms with Gasteiger partial charge in [0.15, 0.2) is 0 Å². The van der Waals surface area contributed by atoms with Gasteiger partial charge >= 0.3 is 7.82 Å². The minimum Gasteiger partial charge on any atom is -0.395 e. The van der Waals surface area contributed by atoms with Crippen molar-refractivity contribution in [2.24, 2.45) is 5.73 Å². The van der Waals surface area contributed by atoms with Crippen molar-refractivity contribution in [2.75, 3.05) is 40.9 Å². The molecule has 0 aromatic carbocycles. The lowest BCUT2D eigenvalue weighted by molar-refractivity contribution is -0.870. The van der Waals surface area contributed by atoms with E-state index in [9.17, 15) is 14.6 Å². The number of hydrogen-bond donors (Lipinski definition) is 4. The summed E-state index contributed by atoms with van der Waals surface area (Å²) in [5.74, 6) is 0. The molecule has 0 heterocycles. The molecule has 0 bridgehead atoms. The van der Waals surface area contributed by atoms with Crippen LogP contribution in [0.3, 0.4) is 0 Å². The molecule has 0 aromatic heterocycles. The van der Waals surface area contributed by atoms with Crippen LogP contribution in [0.1, 0.15) is 77.6 Å². The van der Waals surface area contributed by atoms with Gasteiger partial charge in [-0.1, -0.05) is 83.3 Å². The Bertz CT molecular complexity index is 527. The maximum Gasteiger partial charge on any atom is 0.472 e. The van der Waals surface area contributed by atoms with Crippen molar-refractivity contribution in [3.63, 3.8) is 0 Å². The maximum absolute atomic E-state index is 12.4. The van der Waals surface area contributed by atoms with Gasteiger partial charge in [0.2, 0.25) is 0 Å². The number of unbranched alkanes of at least 4 members (excludes halogenated alkanes) is 9. The van der Waals surface area contributed by atoms with Gasteiger partial charge in [-0.25, -0.2) is 4.57 Å². The van der Waals surface area contributed by atoms with Crippen molar-refractivity contribution < 1.29 is 33.2 Å². The van der Waals surface area contributed by atoms with Gasteiger partial charge in [-0.05, 0) is 6.42 Å². The Hall–Kier alpha value is -0.310. The lowest BCUT2D eigenvalue weighted by Gasteiger charge is -2.24. The van der Waals surface area contributed by atoms with Gasteiger partial charge in [0.1, 0.15) is 13.2 Å². The first kappa shape index (κ1) is 31.7. The average molecular weight is 482 g/mol. The molecular formula is C23H50N2O6P+. The second-order valence-electron chi connectivity index (χ2n) is 9.65. The number of hydrogen-bond acceptors (Lipinski definition) is 6. The zero-order chi connectivity index (χ0) is 24.5. The molecule has 0 saturated heterocycles. The molecule has 32 heavy (non-hydrogen) atoms. The smallest absolute Gasteiger partial charge is 0.395 e. The Morgan fingerprint density at radius 3 is 2.00 bits per heavy atom. The van der Waals surface area contributed by atoms with Crippen molar-refractivity contribution in [3.05, 3.63) is 12.2 Å². The van der Waals surface area contributed by atoms with Gasteiger partial charge in [-0.15, -0.1) is 0 Å². The largest absolute Gasteiger partial charge is 0.472 e. The Labute approximate surface area is 196 Å². The van der Waals surface area contributed by atoms with Crippen LogP contribution < -0.4 is 5.73 Å². The maximum atomic E-state index is 12.4. The summed E-state index contributed by atoms with van der Waals surface area (Å²) < 4.78 is 23.5. The fourth-order valence-corrected chi connectivity index (χ4v) is 4.03. The predicted molar refractivity (Wildman–Crippen MR) is 130 cm³/mol. The number of nitrogens with zero attached hydrogens (tertiary/aromatic N) is 1. The molecule has 8 nitrogen and oxygen atoms in total. The van der Waals surface area contributed by atoms with Crippen LogP contribution in [-0.2, 0) is 13.6 Å². The molecule has 0 aliphatic carbocycles. The molecule has 2 unspecified atom stereocenters. The van der Waals surface area contributed by atoms with E-state index in [1.54, 1.807) is 6.08 Å². The first-order valence-corrected chi connectivity index (χ1v) is 13.7. The molecule has 0 spiro atoms.